The Hall–Kier alpha value is -0.120. The van der Waals surface area contributed by atoms with E-state index in [4.69, 9.17) is 4.74 Å². The minimum absolute atomic E-state index is 0.112. The molecule has 0 aromatic carbocycles. The molecule has 1 atom stereocenters. The van der Waals surface area contributed by atoms with Crippen LogP contribution in [0.15, 0.2) is 0 Å². The molecule has 0 amide bonds. The number of rotatable bonds is 5. The van der Waals surface area contributed by atoms with Crippen LogP contribution in [0.3, 0.4) is 0 Å². The van der Waals surface area contributed by atoms with Crippen molar-refractivity contribution in [3.05, 3.63) is 0 Å². The third-order valence-electron chi connectivity index (χ3n) is 3.78. The van der Waals surface area contributed by atoms with Gasteiger partial charge in [0.25, 0.3) is 0 Å². The maximum Gasteiger partial charge on any atom is 0.0710 e. The lowest BCUT2D eigenvalue weighted by Gasteiger charge is -2.39. The van der Waals surface area contributed by atoms with Crippen LogP contribution in [-0.2, 0) is 4.74 Å². The average Bonchev–Trinajstić information content (AvgIpc) is 2.43. The Morgan fingerprint density at radius 3 is 2.56 bits per heavy atom. The summed E-state index contributed by atoms with van der Waals surface area (Å²) in [5.74, 6) is 0. The lowest BCUT2D eigenvalue weighted by molar-refractivity contribution is -0.0367. The van der Waals surface area contributed by atoms with Crippen molar-refractivity contribution >= 4 is 0 Å². The van der Waals surface area contributed by atoms with Crippen molar-refractivity contribution in [1.29, 1.82) is 0 Å². The van der Waals surface area contributed by atoms with Crippen molar-refractivity contribution < 1.29 is 4.74 Å². The van der Waals surface area contributed by atoms with E-state index in [-0.39, 0.29) is 5.60 Å². The minimum Gasteiger partial charge on any atom is -0.371 e. The number of hydrogen-bond acceptors (Lipinski definition) is 3. The van der Waals surface area contributed by atoms with Crippen LogP contribution in [0.2, 0.25) is 0 Å². The van der Waals surface area contributed by atoms with E-state index in [1.165, 1.54) is 25.8 Å². The third kappa shape index (κ3) is 2.96. The zero-order valence-corrected chi connectivity index (χ0v) is 11.0. The molecule has 1 unspecified atom stereocenters. The Bertz CT molecular complexity index is 226. The molecule has 16 heavy (non-hydrogen) atoms. The van der Waals surface area contributed by atoms with E-state index in [0.717, 1.165) is 25.7 Å². The molecule has 0 radical (unpaired) electrons. The predicted octanol–water partition coefficient (Wildman–Crippen LogP) is 1.63. The van der Waals surface area contributed by atoms with Crippen LogP contribution >= 0.6 is 0 Å². The van der Waals surface area contributed by atoms with Crippen LogP contribution in [0, 0.1) is 0 Å². The van der Waals surface area contributed by atoms with Crippen molar-refractivity contribution in [2.75, 3.05) is 26.2 Å². The molecule has 0 aromatic heterocycles. The fourth-order valence-electron chi connectivity index (χ4n) is 2.71. The first kappa shape index (κ1) is 12.3. The molecule has 2 heterocycles. The van der Waals surface area contributed by atoms with Crippen LogP contribution in [0.25, 0.3) is 0 Å². The molecule has 0 aromatic rings. The molecular formula is C13H26N2O. The van der Waals surface area contributed by atoms with Crippen LogP contribution in [0.5, 0.6) is 0 Å². The third-order valence-corrected chi connectivity index (χ3v) is 3.78. The van der Waals surface area contributed by atoms with Crippen LogP contribution in [0.1, 0.15) is 40.0 Å². The lowest BCUT2D eigenvalue weighted by Crippen LogP contribution is -2.58. The van der Waals surface area contributed by atoms with Crippen molar-refractivity contribution in [2.45, 2.75) is 57.8 Å². The molecular weight excluding hydrogens is 200 g/mol. The van der Waals surface area contributed by atoms with Gasteiger partial charge in [0.15, 0.2) is 0 Å². The Morgan fingerprint density at radius 2 is 2.12 bits per heavy atom. The summed E-state index contributed by atoms with van der Waals surface area (Å²) in [5.41, 5.74) is 0.112. The van der Waals surface area contributed by atoms with Crippen LogP contribution in [0.4, 0.5) is 0 Å². The number of nitrogens with zero attached hydrogens (tertiary/aromatic N) is 1. The molecule has 3 nitrogen and oxygen atoms in total. The quantitative estimate of drug-likeness (QED) is 0.771. The highest BCUT2D eigenvalue weighted by atomic mass is 16.5. The second-order valence-electron chi connectivity index (χ2n) is 5.85. The summed E-state index contributed by atoms with van der Waals surface area (Å²) < 4.78 is 6.08. The van der Waals surface area contributed by atoms with Crippen molar-refractivity contribution in [1.82, 2.24) is 10.2 Å². The average molecular weight is 226 g/mol. The Morgan fingerprint density at radius 1 is 1.38 bits per heavy atom. The van der Waals surface area contributed by atoms with Gasteiger partial charge in [0.2, 0.25) is 0 Å². The molecule has 0 aliphatic carbocycles. The maximum atomic E-state index is 6.08. The van der Waals surface area contributed by atoms with E-state index in [1.54, 1.807) is 0 Å². The summed E-state index contributed by atoms with van der Waals surface area (Å²) in [7, 11) is 0. The molecule has 2 aliphatic rings. The Kier molecular flexibility index (Phi) is 3.88. The highest BCUT2D eigenvalue weighted by molar-refractivity contribution is 4.88. The van der Waals surface area contributed by atoms with E-state index >= 15 is 0 Å². The number of nitrogens with one attached hydrogen (secondary N) is 1. The molecule has 2 saturated heterocycles. The second kappa shape index (κ2) is 5.03. The van der Waals surface area contributed by atoms with Gasteiger partial charge in [0, 0.05) is 25.7 Å². The monoisotopic (exact) mass is 226 g/mol. The van der Waals surface area contributed by atoms with Gasteiger partial charge in [-0.1, -0.05) is 6.92 Å². The summed E-state index contributed by atoms with van der Waals surface area (Å²) >= 11 is 0. The van der Waals surface area contributed by atoms with E-state index in [2.05, 4.69) is 31.0 Å². The SMILES string of the molecule is CCCN(CC1CCC(C)(C)O1)C1CNC1. The molecule has 2 aliphatic heterocycles. The molecule has 0 saturated carbocycles. The largest absolute Gasteiger partial charge is 0.371 e. The Labute approximate surface area is 99.5 Å². The summed E-state index contributed by atoms with van der Waals surface area (Å²) in [6, 6.07) is 0.757. The fourth-order valence-corrected chi connectivity index (χ4v) is 2.71. The Balaban J connectivity index is 1.81. The van der Waals surface area contributed by atoms with Crippen molar-refractivity contribution in [3.8, 4) is 0 Å². The summed E-state index contributed by atoms with van der Waals surface area (Å²) in [6.07, 6.45) is 4.14. The summed E-state index contributed by atoms with van der Waals surface area (Å²) in [5, 5.41) is 3.36. The topological polar surface area (TPSA) is 24.5 Å². The first-order chi connectivity index (χ1) is 7.61. The smallest absolute Gasteiger partial charge is 0.0710 e. The standard InChI is InChI=1S/C13H26N2O/c1-4-7-15(11-8-14-9-11)10-12-5-6-13(2,3)16-12/h11-12,14H,4-10H2,1-3H3. The van der Waals surface area contributed by atoms with Crippen molar-refractivity contribution in [3.63, 3.8) is 0 Å². The van der Waals surface area contributed by atoms with Crippen LogP contribution in [-0.4, -0.2) is 48.8 Å². The van der Waals surface area contributed by atoms with E-state index in [9.17, 15) is 0 Å². The zero-order chi connectivity index (χ0) is 11.6. The summed E-state index contributed by atoms with van der Waals surface area (Å²) in [4.78, 5) is 2.61. The van der Waals surface area contributed by atoms with Gasteiger partial charge < -0.3 is 10.1 Å². The van der Waals surface area contributed by atoms with Gasteiger partial charge in [-0.2, -0.15) is 0 Å². The van der Waals surface area contributed by atoms with Gasteiger partial charge in [0.1, 0.15) is 0 Å². The highest BCUT2D eigenvalue weighted by Crippen LogP contribution is 2.30. The number of hydrogen-bond donors (Lipinski definition) is 1. The van der Waals surface area contributed by atoms with Gasteiger partial charge in [-0.05, 0) is 39.7 Å². The lowest BCUT2D eigenvalue weighted by atomic mass is 10.0. The van der Waals surface area contributed by atoms with Gasteiger partial charge in [-0.15, -0.1) is 0 Å². The molecule has 0 bridgehead atoms. The molecule has 0 spiro atoms. The van der Waals surface area contributed by atoms with Crippen LogP contribution < -0.4 is 5.32 Å². The van der Waals surface area contributed by atoms with Crippen molar-refractivity contribution in [2.24, 2.45) is 0 Å². The van der Waals surface area contributed by atoms with Gasteiger partial charge in [-0.3, -0.25) is 4.90 Å². The second-order valence-corrected chi connectivity index (χ2v) is 5.85. The van der Waals surface area contributed by atoms with E-state index < -0.39 is 0 Å². The predicted molar refractivity (Wildman–Crippen MR) is 66.7 cm³/mol. The number of ether oxygens (including phenoxy) is 1. The van der Waals surface area contributed by atoms with Gasteiger partial charge >= 0.3 is 0 Å². The fraction of sp³-hybridized carbons (Fsp3) is 1.00. The first-order valence-electron chi connectivity index (χ1n) is 6.73. The zero-order valence-electron chi connectivity index (χ0n) is 11.0. The summed E-state index contributed by atoms with van der Waals surface area (Å²) in [6.45, 7) is 11.4. The molecule has 3 heteroatoms. The highest BCUT2D eigenvalue weighted by Gasteiger charge is 2.34. The van der Waals surface area contributed by atoms with Gasteiger partial charge in [0.05, 0.1) is 11.7 Å². The van der Waals surface area contributed by atoms with E-state index in [0.29, 0.717) is 6.10 Å². The molecule has 2 fully saturated rings. The molecule has 2 rings (SSSR count). The molecule has 94 valence electrons. The maximum absolute atomic E-state index is 6.08. The van der Waals surface area contributed by atoms with Gasteiger partial charge in [-0.25, -0.2) is 0 Å². The minimum atomic E-state index is 0.112. The van der Waals surface area contributed by atoms with E-state index in [1.807, 2.05) is 0 Å². The normalized spacial score (nSPS) is 29.6. The first-order valence-corrected chi connectivity index (χ1v) is 6.73. The molecule has 1 N–H and O–H groups in total.